The number of carboxylic acid groups (broad SMARTS) is 1. The monoisotopic (exact) mass is 788 g/mol. The van der Waals surface area contributed by atoms with E-state index < -0.39 is 52.8 Å². The number of aromatic nitrogens is 2. The molecule has 54 heavy (non-hydrogen) atoms. The lowest BCUT2D eigenvalue weighted by Gasteiger charge is -2.49. The SMILES string of the molecule is Cc1c(-c2cc(N3C(=O)[C@@H]4C[C@@H]5C(=CC[C@@H]6C(=O)N(CCCCCC(=O)O)C(=O)[C@@H]65)[C@H](c5ccc(O)cc5Cl)[C@]4(C)C3=O)n(C)n2)sc2ccc(Cl)cc12. The van der Waals surface area contributed by atoms with Crippen LogP contribution in [0.3, 0.4) is 0 Å². The van der Waals surface area contributed by atoms with E-state index >= 15 is 4.79 Å². The Morgan fingerprint density at radius 3 is 2.52 bits per heavy atom. The molecule has 2 aromatic carbocycles. The number of allylic oxidation sites excluding steroid dienone is 2. The van der Waals surface area contributed by atoms with Crippen molar-refractivity contribution in [2.75, 3.05) is 11.4 Å². The summed E-state index contributed by atoms with van der Waals surface area (Å²) in [6.07, 6.45) is 3.96. The predicted molar refractivity (Wildman–Crippen MR) is 204 cm³/mol. The molecule has 0 radical (unpaired) electrons. The number of aliphatic carboxylic acids is 1. The van der Waals surface area contributed by atoms with E-state index in [0.717, 1.165) is 26.1 Å². The van der Waals surface area contributed by atoms with Gasteiger partial charge in [0, 0.05) is 46.7 Å². The van der Waals surface area contributed by atoms with Crippen molar-refractivity contribution < 1.29 is 34.2 Å². The average molecular weight is 790 g/mol. The number of unbranched alkanes of at least 4 members (excludes halogenated alkanes) is 2. The molecule has 4 heterocycles. The molecule has 0 unspecified atom stereocenters. The van der Waals surface area contributed by atoms with E-state index in [1.54, 1.807) is 42.1 Å². The number of benzene rings is 2. The highest BCUT2D eigenvalue weighted by atomic mass is 35.5. The van der Waals surface area contributed by atoms with Crippen LogP contribution in [0.25, 0.3) is 20.7 Å². The Kier molecular flexibility index (Phi) is 9.01. The van der Waals surface area contributed by atoms with Crippen molar-refractivity contribution in [1.82, 2.24) is 14.7 Å². The fraction of sp³-hybridized carbons (Fsp3) is 0.400. The highest BCUT2D eigenvalue weighted by molar-refractivity contribution is 7.22. The van der Waals surface area contributed by atoms with Crippen LogP contribution in [-0.4, -0.2) is 61.0 Å². The van der Waals surface area contributed by atoms with Gasteiger partial charge >= 0.3 is 5.97 Å². The summed E-state index contributed by atoms with van der Waals surface area (Å²) in [5.74, 6) is -5.45. The van der Waals surface area contributed by atoms with Crippen molar-refractivity contribution in [2.24, 2.45) is 36.1 Å². The highest BCUT2D eigenvalue weighted by Crippen LogP contribution is 2.64. The number of fused-ring (bicyclic) bond motifs is 5. The number of halogens is 2. The lowest BCUT2D eigenvalue weighted by Crippen LogP contribution is -2.49. The second kappa shape index (κ2) is 13.3. The Balaban J connectivity index is 1.18. The summed E-state index contributed by atoms with van der Waals surface area (Å²) in [5, 5.41) is 25.9. The van der Waals surface area contributed by atoms with Crippen molar-refractivity contribution in [3.63, 3.8) is 0 Å². The molecule has 2 N–H and O–H groups in total. The van der Waals surface area contributed by atoms with Gasteiger partial charge < -0.3 is 10.2 Å². The molecule has 2 aliphatic heterocycles. The Morgan fingerprint density at radius 1 is 1.00 bits per heavy atom. The van der Waals surface area contributed by atoms with Gasteiger partial charge in [-0.15, -0.1) is 11.3 Å². The third-order valence-corrected chi connectivity index (χ3v) is 14.0. The molecule has 1 saturated carbocycles. The Bertz CT molecular complexity index is 2330. The number of amides is 4. The Morgan fingerprint density at radius 2 is 1.78 bits per heavy atom. The van der Waals surface area contributed by atoms with Crippen LogP contribution in [-0.2, 0) is 31.0 Å². The van der Waals surface area contributed by atoms with Crippen molar-refractivity contribution in [3.05, 3.63) is 75.3 Å². The van der Waals surface area contributed by atoms with E-state index in [1.807, 2.05) is 31.2 Å². The van der Waals surface area contributed by atoms with Gasteiger partial charge in [0.15, 0.2) is 0 Å². The van der Waals surface area contributed by atoms with Gasteiger partial charge in [-0.05, 0) is 92.3 Å². The van der Waals surface area contributed by atoms with E-state index in [4.69, 9.17) is 33.4 Å². The smallest absolute Gasteiger partial charge is 0.303 e. The molecule has 280 valence electrons. The number of thiophene rings is 1. The molecule has 4 aliphatic rings. The molecular weight excluding hydrogens is 751 g/mol. The number of anilines is 1. The summed E-state index contributed by atoms with van der Waals surface area (Å²) >= 11 is 14.7. The summed E-state index contributed by atoms with van der Waals surface area (Å²) < 4.78 is 2.58. The third kappa shape index (κ3) is 5.51. The first-order valence-electron chi connectivity index (χ1n) is 18.1. The molecule has 11 nitrogen and oxygen atoms in total. The highest BCUT2D eigenvalue weighted by Gasteiger charge is 2.68. The lowest BCUT2D eigenvalue weighted by atomic mass is 9.51. The van der Waals surface area contributed by atoms with E-state index in [-0.39, 0.29) is 42.0 Å². The fourth-order valence-corrected chi connectivity index (χ4v) is 11.2. The second-order valence-corrected chi connectivity index (χ2v) is 17.0. The number of aryl methyl sites for hydroxylation is 2. The minimum Gasteiger partial charge on any atom is -0.508 e. The molecule has 0 bridgehead atoms. The number of phenolic OH excluding ortho intramolecular Hbond substituents is 1. The van der Waals surface area contributed by atoms with Gasteiger partial charge in [0.2, 0.25) is 23.6 Å². The zero-order valence-corrected chi connectivity index (χ0v) is 32.2. The molecule has 3 fully saturated rings. The zero-order valence-electron chi connectivity index (χ0n) is 29.8. The third-order valence-electron chi connectivity index (χ3n) is 12.1. The number of imide groups is 2. The summed E-state index contributed by atoms with van der Waals surface area (Å²) in [6, 6.07) is 12.0. The molecular formula is C40H38Cl2N4O7S. The standard InChI is InChI=1S/C40H38Cl2N4O7S/c1-19-25-15-20(41)8-13-30(25)54-35(19)29-18-31(44(3)43-29)46-37(51)27-17-26-22(34(40(27,2)39(46)53)23-10-9-21(47)16-28(23)42)11-12-24-33(26)38(52)45(36(24)50)14-6-4-5-7-32(48)49/h8-11,13,15-16,18,24,26-27,33-34,47H,4-7,12,14,17H2,1-3H3,(H,48,49)/t24-,26+,27-,33-,34+,40+/m0/s1. The molecule has 14 heteroatoms. The number of carbonyl (C=O) groups is 5. The number of likely N-dealkylation sites (tertiary alicyclic amines) is 1. The van der Waals surface area contributed by atoms with E-state index in [2.05, 4.69) is 0 Å². The summed E-state index contributed by atoms with van der Waals surface area (Å²) in [7, 11) is 1.70. The van der Waals surface area contributed by atoms with Crippen LogP contribution < -0.4 is 4.90 Å². The molecule has 0 spiro atoms. The maximum atomic E-state index is 15.0. The van der Waals surface area contributed by atoms with Gasteiger partial charge in [-0.1, -0.05) is 47.3 Å². The molecule has 6 atom stereocenters. The minimum absolute atomic E-state index is 0.0216. The minimum atomic E-state index is -1.32. The number of hydrogen-bond acceptors (Lipinski definition) is 8. The number of rotatable bonds is 9. The topological polar surface area (TPSA) is 150 Å². The summed E-state index contributed by atoms with van der Waals surface area (Å²) in [5.41, 5.74) is 1.62. The van der Waals surface area contributed by atoms with Crippen LogP contribution in [0.1, 0.15) is 62.5 Å². The summed E-state index contributed by atoms with van der Waals surface area (Å²) in [6.45, 7) is 3.98. The number of carbonyl (C=O) groups excluding carboxylic acids is 4. The quantitative estimate of drug-likeness (QED) is 0.101. The number of nitrogens with zero attached hydrogens (tertiary/aromatic N) is 4. The van der Waals surface area contributed by atoms with Crippen molar-refractivity contribution in [3.8, 4) is 16.3 Å². The van der Waals surface area contributed by atoms with Crippen molar-refractivity contribution in [1.29, 1.82) is 0 Å². The van der Waals surface area contributed by atoms with Gasteiger partial charge in [-0.2, -0.15) is 5.10 Å². The zero-order chi connectivity index (χ0) is 38.4. The maximum absolute atomic E-state index is 15.0. The van der Waals surface area contributed by atoms with E-state index in [0.29, 0.717) is 47.8 Å². The van der Waals surface area contributed by atoms with Gasteiger partial charge in [0.1, 0.15) is 17.3 Å². The van der Waals surface area contributed by atoms with Gasteiger partial charge in [0.05, 0.1) is 28.0 Å². The first-order valence-corrected chi connectivity index (χ1v) is 19.7. The predicted octanol–water partition coefficient (Wildman–Crippen LogP) is 7.50. The largest absolute Gasteiger partial charge is 0.508 e. The number of aromatic hydroxyl groups is 1. The molecule has 4 amide bonds. The van der Waals surface area contributed by atoms with Crippen molar-refractivity contribution in [2.45, 2.75) is 58.3 Å². The summed E-state index contributed by atoms with van der Waals surface area (Å²) in [4.78, 5) is 72.1. The number of phenols is 1. The van der Waals surface area contributed by atoms with Crippen LogP contribution in [0.15, 0.2) is 54.1 Å². The maximum Gasteiger partial charge on any atom is 0.303 e. The molecule has 8 rings (SSSR count). The van der Waals surface area contributed by atoms with Crippen LogP contribution in [0.2, 0.25) is 10.0 Å². The fourth-order valence-electron chi connectivity index (χ4n) is 9.55. The Labute approximate surface area is 325 Å². The Hall–Kier alpha value is -4.52. The molecule has 2 aliphatic carbocycles. The van der Waals surface area contributed by atoms with Gasteiger partial charge in [-0.25, -0.2) is 4.90 Å². The normalized spacial score (nSPS) is 26.4. The second-order valence-electron chi connectivity index (χ2n) is 15.1. The molecule has 4 aromatic rings. The lowest BCUT2D eigenvalue weighted by molar-refractivity contribution is -0.141. The number of hydrogen-bond donors (Lipinski definition) is 2. The molecule has 2 saturated heterocycles. The first kappa shape index (κ1) is 36.5. The van der Waals surface area contributed by atoms with Crippen LogP contribution in [0.5, 0.6) is 5.75 Å². The molecule has 2 aromatic heterocycles. The van der Waals surface area contributed by atoms with E-state index in [9.17, 15) is 24.3 Å². The average Bonchev–Trinajstić information content (AvgIpc) is 3.79. The van der Waals surface area contributed by atoms with Crippen LogP contribution in [0, 0.1) is 36.0 Å². The van der Waals surface area contributed by atoms with Crippen LogP contribution >= 0.6 is 34.5 Å². The van der Waals surface area contributed by atoms with Crippen LogP contribution in [0.4, 0.5) is 5.82 Å². The first-order chi connectivity index (χ1) is 25.7. The van der Waals surface area contributed by atoms with Gasteiger partial charge in [0.25, 0.3) is 0 Å². The van der Waals surface area contributed by atoms with E-state index in [1.165, 1.54) is 21.9 Å². The number of carboxylic acids is 1. The van der Waals surface area contributed by atoms with Crippen molar-refractivity contribution >= 4 is 80.0 Å². The van der Waals surface area contributed by atoms with Gasteiger partial charge in [-0.3, -0.25) is 33.6 Å².